The van der Waals surface area contributed by atoms with Crippen molar-refractivity contribution in [2.75, 3.05) is 0 Å². The van der Waals surface area contributed by atoms with Gasteiger partial charge in [0.2, 0.25) is 0 Å². The highest BCUT2D eigenvalue weighted by Crippen LogP contribution is 2.36. The van der Waals surface area contributed by atoms with Gasteiger partial charge in [0, 0.05) is 16.2 Å². The molecule has 0 aromatic heterocycles. The number of hydrogen-bond acceptors (Lipinski definition) is 2. The molecule has 1 saturated carbocycles. The largest absolute Gasteiger partial charge is 0.324 e. The van der Waals surface area contributed by atoms with Crippen LogP contribution >= 0.6 is 11.8 Å². The first-order valence-corrected chi connectivity index (χ1v) is 8.09. The highest BCUT2D eigenvalue weighted by atomic mass is 32.2. The molecule has 3 atom stereocenters. The van der Waals surface area contributed by atoms with Crippen LogP contribution in [-0.2, 0) is 0 Å². The molecule has 0 heterocycles. The maximum Gasteiger partial charge on any atom is 0.0292 e. The molecule has 2 rings (SSSR count). The Morgan fingerprint density at radius 2 is 2.00 bits per heavy atom. The lowest BCUT2D eigenvalue weighted by Crippen LogP contribution is -2.14. The van der Waals surface area contributed by atoms with Crippen LogP contribution < -0.4 is 5.73 Å². The predicted molar refractivity (Wildman–Crippen MR) is 80.9 cm³/mol. The summed E-state index contributed by atoms with van der Waals surface area (Å²) in [6.45, 7) is 4.52. The fourth-order valence-corrected chi connectivity index (χ4v) is 4.09. The number of thioether (sulfide) groups is 1. The van der Waals surface area contributed by atoms with Crippen molar-refractivity contribution in [2.45, 2.75) is 62.1 Å². The lowest BCUT2D eigenvalue weighted by molar-refractivity contribution is 0.394. The van der Waals surface area contributed by atoms with Crippen molar-refractivity contribution in [1.82, 2.24) is 0 Å². The molecule has 0 saturated heterocycles. The molecule has 0 aliphatic heterocycles. The van der Waals surface area contributed by atoms with Crippen LogP contribution in [0.4, 0.5) is 0 Å². The van der Waals surface area contributed by atoms with Gasteiger partial charge in [-0.1, -0.05) is 38.8 Å². The van der Waals surface area contributed by atoms with Gasteiger partial charge in [-0.25, -0.2) is 0 Å². The molecule has 1 aromatic carbocycles. The molecule has 0 spiro atoms. The van der Waals surface area contributed by atoms with E-state index in [2.05, 4.69) is 49.9 Å². The van der Waals surface area contributed by atoms with Gasteiger partial charge in [-0.2, -0.15) is 0 Å². The quantitative estimate of drug-likeness (QED) is 0.847. The van der Waals surface area contributed by atoms with Crippen molar-refractivity contribution in [1.29, 1.82) is 0 Å². The minimum atomic E-state index is 0.193. The van der Waals surface area contributed by atoms with Crippen molar-refractivity contribution in [3.8, 4) is 0 Å². The van der Waals surface area contributed by atoms with Gasteiger partial charge in [-0.3, -0.25) is 0 Å². The van der Waals surface area contributed by atoms with E-state index in [1.165, 1.54) is 36.1 Å². The molecular formula is C16H25NS. The molecule has 0 bridgehead atoms. The van der Waals surface area contributed by atoms with Crippen molar-refractivity contribution in [3.05, 3.63) is 29.8 Å². The SMILES string of the molecule is CC[C@@H](N)c1ccc(SC2CCCC(C)C2)cc1. The van der Waals surface area contributed by atoms with Crippen LogP contribution in [0, 0.1) is 5.92 Å². The van der Waals surface area contributed by atoms with Crippen LogP contribution in [0.15, 0.2) is 29.2 Å². The van der Waals surface area contributed by atoms with Crippen molar-refractivity contribution < 1.29 is 0 Å². The van der Waals surface area contributed by atoms with Crippen molar-refractivity contribution in [3.63, 3.8) is 0 Å². The maximum absolute atomic E-state index is 6.04. The van der Waals surface area contributed by atoms with E-state index in [1.54, 1.807) is 0 Å². The van der Waals surface area contributed by atoms with E-state index in [-0.39, 0.29) is 6.04 Å². The summed E-state index contributed by atoms with van der Waals surface area (Å²) >= 11 is 2.06. The van der Waals surface area contributed by atoms with Gasteiger partial charge >= 0.3 is 0 Å². The Labute approximate surface area is 116 Å². The van der Waals surface area contributed by atoms with E-state index < -0.39 is 0 Å². The molecule has 1 aliphatic rings. The zero-order valence-electron chi connectivity index (χ0n) is 11.6. The lowest BCUT2D eigenvalue weighted by atomic mass is 9.91. The summed E-state index contributed by atoms with van der Waals surface area (Å²) in [5.74, 6) is 0.907. The second-order valence-electron chi connectivity index (χ2n) is 5.60. The molecule has 2 N–H and O–H groups in total. The topological polar surface area (TPSA) is 26.0 Å². The summed E-state index contributed by atoms with van der Waals surface area (Å²) < 4.78 is 0. The molecule has 1 fully saturated rings. The first-order valence-electron chi connectivity index (χ1n) is 7.21. The Morgan fingerprint density at radius 1 is 1.28 bits per heavy atom. The van der Waals surface area contributed by atoms with E-state index in [9.17, 15) is 0 Å². The van der Waals surface area contributed by atoms with Crippen molar-refractivity contribution >= 4 is 11.8 Å². The smallest absolute Gasteiger partial charge is 0.0292 e. The molecule has 100 valence electrons. The van der Waals surface area contributed by atoms with E-state index >= 15 is 0 Å². The summed E-state index contributed by atoms with van der Waals surface area (Å²) in [6.07, 6.45) is 6.58. The Bertz CT molecular complexity index is 360. The number of nitrogens with two attached hydrogens (primary N) is 1. The van der Waals surface area contributed by atoms with Gasteiger partial charge in [-0.05, 0) is 42.9 Å². The summed E-state index contributed by atoms with van der Waals surface area (Å²) in [7, 11) is 0. The van der Waals surface area contributed by atoms with Crippen LogP contribution in [0.1, 0.15) is 57.6 Å². The number of hydrogen-bond donors (Lipinski definition) is 1. The monoisotopic (exact) mass is 263 g/mol. The van der Waals surface area contributed by atoms with E-state index in [0.29, 0.717) is 0 Å². The summed E-state index contributed by atoms with van der Waals surface area (Å²) in [4.78, 5) is 1.40. The van der Waals surface area contributed by atoms with Crippen LogP contribution in [0.25, 0.3) is 0 Å². The summed E-state index contributed by atoms with van der Waals surface area (Å²) in [5, 5.41) is 0.819. The first-order chi connectivity index (χ1) is 8.69. The first kappa shape index (κ1) is 14.0. The minimum absolute atomic E-state index is 0.193. The molecule has 2 unspecified atom stereocenters. The average molecular weight is 263 g/mol. The van der Waals surface area contributed by atoms with Gasteiger partial charge in [0.25, 0.3) is 0 Å². The fraction of sp³-hybridized carbons (Fsp3) is 0.625. The number of benzene rings is 1. The molecule has 1 nitrogen and oxygen atoms in total. The highest BCUT2D eigenvalue weighted by molar-refractivity contribution is 8.00. The van der Waals surface area contributed by atoms with E-state index in [0.717, 1.165) is 17.6 Å². The summed E-state index contributed by atoms with van der Waals surface area (Å²) in [5.41, 5.74) is 7.30. The van der Waals surface area contributed by atoms with Crippen LogP contribution in [0.5, 0.6) is 0 Å². The molecular weight excluding hydrogens is 238 g/mol. The molecule has 0 amide bonds. The zero-order valence-corrected chi connectivity index (χ0v) is 12.4. The Balaban J connectivity index is 1.93. The normalized spacial score (nSPS) is 25.9. The van der Waals surface area contributed by atoms with Crippen molar-refractivity contribution in [2.24, 2.45) is 11.7 Å². The fourth-order valence-electron chi connectivity index (χ4n) is 2.71. The summed E-state index contributed by atoms with van der Waals surface area (Å²) in [6, 6.07) is 9.08. The Morgan fingerprint density at radius 3 is 2.61 bits per heavy atom. The predicted octanol–water partition coefficient (Wildman–Crippen LogP) is 4.77. The second-order valence-corrected chi connectivity index (χ2v) is 6.97. The second kappa shape index (κ2) is 6.63. The maximum atomic E-state index is 6.04. The van der Waals surface area contributed by atoms with E-state index in [4.69, 9.17) is 5.73 Å². The molecule has 1 aliphatic carbocycles. The van der Waals surface area contributed by atoms with Gasteiger partial charge in [0.05, 0.1) is 0 Å². The van der Waals surface area contributed by atoms with Gasteiger partial charge in [0.1, 0.15) is 0 Å². The molecule has 18 heavy (non-hydrogen) atoms. The Hall–Kier alpha value is -0.470. The third-order valence-electron chi connectivity index (χ3n) is 3.94. The van der Waals surface area contributed by atoms with Crippen LogP contribution in [0.3, 0.4) is 0 Å². The molecule has 2 heteroatoms. The van der Waals surface area contributed by atoms with Gasteiger partial charge in [0.15, 0.2) is 0 Å². The zero-order chi connectivity index (χ0) is 13.0. The third kappa shape index (κ3) is 3.76. The highest BCUT2D eigenvalue weighted by Gasteiger charge is 2.19. The van der Waals surface area contributed by atoms with Gasteiger partial charge < -0.3 is 5.73 Å². The Kier molecular flexibility index (Phi) is 5.13. The minimum Gasteiger partial charge on any atom is -0.324 e. The number of rotatable bonds is 4. The van der Waals surface area contributed by atoms with Gasteiger partial charge in [-0.15, -0.1) is 11.8 Å². The van der Waals surface area contributed by atoms with E-state index in [1.807, 2.05) is 0 Å². The lowest BCUT2D eigenvalue weighted by Gasteiger charge is -2.26. The average Bonchev–Trinajstić information content (AvgIpc) is 2.39. The standard InChI is InChI=1S/C16H25NS/c1-3-16(17)13-7-9-14(10-8-13)18-15-6-4-5-12(2)11-15/h7-10,12,15-16H,3-6,11,17H2,1-2H3/t12?,15?,16-/m1/s1. The van der Waals surface area contributed by atoms with Crippen LogP contribution in [-0.4, -0.2) is 5.25 Å². The third-order valence-corrected chi connectivity index (χ3v) is 5.24. The molecule has 1 aromatic rings. The molecule has 0 radical (unpaired) electrons. The van der Waals surface area contributed by atoms with Crippen LogP contribution in [0.2, 0.25) is 0 Å².